The highest BCUT2D eigenvalue weighted by Gasteiger charge is 1.99. The molecule has 0 bridgehead atoms. The van der Waals surface area contributed by atoms with Crippen LogP contribution in [-0.2, 0) is 6.61 Å². The summed E-state index contributed by atoms with van der Waals surface area (Å²) in [7, 11) is 0. The Morgan fingerprint density at radius 3 is 2.60 bits per heavy atom. The predicted octanol–water partition coefficient (Wildman–Crippen LogP) is 2.84. The van der Waals surface area contributed by atoms with E-state index in [0.29, 0.717) is 12.3 Å². The van der Waals surface area contributed by atoms with Crippen molar-refractivity contribution >= 4 is 0 Å². The average Bonchev–Trinajstić information content (AvgIpc) is 2.29. The first kappa shape index (κ1) is 9.71. The zero-order chi connectivity index (χ0) is 10.5. The summed E-state index contributed by atoms with van der Waals surface area (Å²) in [4.78, 5) is 4.06. The molecule has 0 atom stereocenters. The third-order valence-electron chi connectivity index (χ3n) is 2.09. The van der Waals surface area contributed by atoms with E-state index in [1.807, 2.05) is 42.5 Å². The fourth-order valence-corrected chi connectivity index (χ4v) is 1.29. The van der Waals surface area contributed by atoms with E-state index in [2.05, 4.69) is 11.9 Å². The molecule has 2 rings (SSSR count). The number of benzene rings is 1. The maximum Gasteiger partial charge on any atom is 0.141 e. The molecule has 1 aromatic heterocycles. The number of rotatable bonds is 3. The second-order valence-corrected chi connectivity index (χ2v) is 3.22. The molecule has 2 aromatic rings. The molecule has 75 valence electrons. The van der Waals surface area contributed by atoms with E-state index in [4.69, 9.17) is 4.74 Å². The Morgan fingerprint density at radius 2 is 1.87 bits per heavy atom. The molecule has 1 heterocycles. The van der Waals surface area contributed by atoms with Crippen LogP contribution in [0.25, 0.3) is 0 Å². The standard InChI is InChI=1S/C13H12NO/c1-11-13(8-5-9-14-11)15-10-12-6-3-2-4-7-12/h2-9H,1,10H2. The summed E-state index contributed by atoms with van der Waals surface area (Å²) in [5, 5.41) is 0. The van der Waals surface area contributed by atoms with Gasteiger partial charge in [-0.25, -0.2) is 0 Å². The molecule has 0 aliphatic heterocycles. The topological polar surface area (TPSA) is 22.1 Å². The lowest BCUT2D eigenvalue weighted by Crippen LogP contribution is -1.97. The molecule has 0 amide bonds. The number of ether oxygens (including phenoxy) is 1. The summed E-state index contributed by atoms with van der Waals surface area (Å²) in [5.74, 6) is 0.737. The average molecular weight is 198 g/mol. The van der Waals surface area contributed by atoms with Crippen LogP contribution in [0, 0.1) is 6.92 Å². The highest BCUT2D eigenvalue weighted by atomic mass is 16.5. The van der Waals surface area contributed by atoms with Gasteiger partial charge in [-0.2, -0.15) is 0 Å². The summed E-state index contributed by atoms with van der Waals surface area (Å²) in [6.07, 6.45) is 1.71. The Balaban J connectivity index is 2.03. The molecule has 0 N–H and O–H groups in total. The maximum absolute atomic E-state index is 5.60. The third kappa shape index (κ3) is 2.56. The van der Waals surface area contributed by atoms with Gasteiger partial charge in [-0.15, -0.1) is 0 Å². The minimum absolute atomic E-state index is 0.551. The van der Waals surface area contributed by atoms with Crippen molar-refractivity contribution in [3.63, 3.8) is 0 Å². The van der Waals surface area contributed by atoms with Crippen molar-refractivity contribution in [2.24, 2.45) is 0 Å². The lowest BCUT2D eigenvalue weighted by atomic mass is 10.2. The second kappa shape index (κ2) is 4.60. The molecule has 1 radical (unpaired) electrons. The molecule has 0 saturated heterocycles. The summed E-state index contributed by atoms with van der Waals surface area (Å²) in [6, 6.07) is 13.7. The van der Waals surface area contributed by atoms with Gasteiger partial charge >= 0.3 is 0 Å². The molecule has 2 nitrogen and oxygen atoms in total. The zero-order valence-corrected chi connectivity index (χ0v) is 8.39. The highest BCUT2D eigenvalue weighted by Crippen LogP contribution is 2.15. The minimum Gasteiger partial charge on any atom is -0.487 e. The van der Waals surface area contributed by atoms with E-state index in [9.17, 15) is 0 Å². The van der Waals surface area contributed by atoms with Crippen LogP contribution < -0.4 is 4.74 Å². The largest absolute Gasteiger partial charge is 0.487 e. The van der Waals surface area contributed by atoms with E-state index in [1.54, 1.807) is 6.20 Å². The second-order valence-electron chi connectivity index (χ2n) is 3.22. The van der Waals surface area contributed by atoms with Crippen molar-refractivity contribution in [1.29, 1.82) is 0 Å². The van der Waals surface area contributed by atoms with Crippen LogP contribution in [0.4, 0.5) is 0 Å². The van der Waals surface area contributed by atoms with Crippen molar-refractivity contribution < 1.29 is 4.74 Å². The van der Waals surface area contributed by atoms with Gasteiger partial charge in [-0.05, 0) is 24.6 Å². The van der Waals surface area contributed by atoms with Gasteiger partial charge in [0.15, 0.2) is 0 Å². The summed E-state index contributed by atoms with van der Waals surface area (Å²) in [5.41, 5.74) is 1.81. The van der Waals surface area contributed by atoms with E-state index in [-0.39, 0.29) is 0 Å². The van der Waals surface area contributed by atoms with Crippen LogP contribution in [0.1, 0.15) is 11.3 Å². The van der Waals surface area contributed by atoms with Gasteiger partial charge < -0.3 is 4.74 Å². The predicted molar refractivity (Wildman–Crippen MR) is 59.5 cm³/mol. The molecule has 1 aromatic carbocycles. The first-order chi connectivity index (χ1) is 7.36. The first-order valence-corrected chi connectivity index (χ1v) is 4.80. The number of nitrogens with zero attached hydrogens (tertiary/aromatic N) is 1. The number of aromatic nitrogens is 1. The number of hydrogen-bond acceptors (Lipinski definition) is 2. The molecule has 0 fully saturated rings. The Kier molecular flexibility index (Phi) is 2.98. The number of hydrogen-bond donors (Lipinski definition) is 0. The number of pyridine rings is 1. The van der Waals surface area contributed by atoms with E-state index in [1.165, 1.54) is 0 Å². The van der Waals surface area contributed by atoms with Crippen LogP contribution in [0.15, 0.2) is 48.7 Å². The van der Waals surface area contributed by atoms with Crippen molar-refractivity contribution in [1.82, 2.24) is 4.98 Å². The van der Waals surface area contributed by atoms with E-state index in [0.717, 1.165) is 11.3 Å². The normalized spacial score (nSPS) is 9.93. The third-order valence-corrected chi connectivity index (χ3v) is 2.09. The molecule has 0 spiro atoms. The van der Waals surface area contributed by atoms with E-state index >= 15 is 0 Å². The van der Waals surface area contributed by atoms with Crippen molar-refractivity contribution in [2.45, 2.75) is 6.61 Å². The quantitative estimate of drug-likeness (QED) is 0.756. The van der Waals surface area contributed by atoms with Crippen molar-refractivity contribution in [3.05, 3.63) is 66.8 Å². The maximum atomic E-state index is 5.60. The van der Waals surface area contributed by atoms with E-state index < -0.39 is 0 Å². The van der Waals surface area contributed by atoms with Gasteiger partial charge in [-0.1, -0.05) is 30.3 Å². The Bertz CT molecular complexity index is 426. The molecule has 15 heavy (non-hydrogen) atoms. The lowest BCUT2D eigenvalue weighted by Gasteiger charge is -2.07. The van der Waals surface area contributed by atoms with Crippen LogP contribution in [0.3, 0.4) is 0 Å². The van der Waals surface area contributed by atoms with Crippen LogP contribution in [0.5, 0.6) is 5.75 Å². The van der Waals surface area contributed by atoms with Gasteiger partial charge in [0.05, 0.1) is 5.69 Å². The van der Waals surface area contributed by atoms with Gasteiger partial charge in [0.1, 0.15) is 12.4 Å². The molecular formula is C13H12NO. The highest BCUT2D eigenvalue weighted by molar-refractivity contribution is 5.29. The molecule has 2 heteroatoms. The van der Waals surface area contributed by atoms with Crippen molar-refractivity contribution in [2.75, 3.05) is 0 Å². The minimum atomic E-state index is 0.551. The molecule has 0 aliphatic carbocycles. The monoisotopic (exact) mass is 198 g/mol. The molecule has 0 saturated carbocycles. The fraction of sp³-hybridized carbons (Fsp3) is 0.0769. The first-order valence-electron chi connectivity index (χ1n) is 4.80. The Hall–Kier alpha value is -1.83. The Morgan fingerprint density at radius 1 is 1.07 bits per heavy atom. The smallest absolute Gasteiger partial charge is 0.141 e. The SMILES string of the molecule is [CH2]c1ncccc1OCc1ccccc1. The fourth-order valence-electron chi connectivity index (χ4n) is 1.29. The molecular weight excluding hydrogens is 186 g/mol. The zero-order valence-electron chi connectivity index (χ0n) is 8.39. The Labute approximate surface area is 89.6 Å². The van der Waals surface area contributed by atoms with Gasteiger partial charge in [0.2, 0.25) is 0 Å². The van der Waals surface area contributed by atoms with Gasteiger partial charge in [0.25, 0.3) is 0 Å². The summed E-state index contributed by atoms with van der Waals surface area (Å²) < 4.78 is 5.60. The van der Waals surface area contributed by atoms with Gasteiger partial charge in [0, 0.05) is 6.20 Å². The van der Waals surface area contributed by atoms with Crippen molar-refractivity contribution in [3.8, 4) is 5.75 Å². The summed E-state index contributed by atoms with van der Waals surface area (Å²) >= 11 is 0. The molecule has 0 aliphatic rings. The summed E-state index contributed by atoms with van der Waals surface area (Å²) in [6.45, 7) is 4.35. The van der Waals surface area contributed by atoms with Crippen LogP contribution in [-0.4, -0.2) is 4.98 Å². The van der Waals surface area contributed by atoms with Crippen LogP contribution in [0.2, 0.25) is 0 Å². The lowest BCUT2D eigenvalue weighted by molar-refractivity contribution is 0.303. The molecule has 0 unspecified atom stereocenters. The van der Waals surface area contributed by atoms with Crippen LogP contribution >= 0.6 is 0 Å². The van der Waals surface area contributed by atoms with Gasteiger partial charge in [-0.3, -0.25) is 4.98 Å².